The van der Waals surface area contributed by atoms with Crippen LogP contribution in [0.15, 0.2) is 28.1 Å². The number of amidine groups is 1. The summed E-state index contributed by atoms with van der Waals surface area (Å²) in [6.07, 6.45) is 2.00. The fourth-order valence-electron chi connectivity index (χ4n) is 2.91. The van der Waals surface area contributed by atoms with Crippen molar-refractivity contribution in [1.82, 2.24) is 4.90 Å². The Bertz CT molecular complexity index is 722. The van der Waals surface area contributed by atoms with Gasteiger partial charge in [0.05, 0.1) is 23.7 Å². The highest BCUT2D eigenvalue weighted by Gasteiger charge is 2.31. The van der Waals surface area contributed by atoms with E-state index in [0.29, 0.717) is 17.3 Å². The van der Waals surface area contributed by atoms with Crippen LogP contribution in [-0.2, 0) is 9.53 Å². The van der Waals surface area contributed by atoms with Crippen molar-refractivity contribution >= 4 is 28.9 Å². The Kier molecular flexibility index (Phi) is 5.34. The second kappa shape index (κ2) is 7.49. The molecule has 7 heteroatoms. The largest absolute Gasteiger partial charge is 0.504 e. The van der Waals surface area contributed by atoms with Gasteiger partial charge in [-0.1, -0.05) is 6.07 Å². The first-order valence-corrected chi connectivity index (χ1v) is 9.16. The number of morpholine rings is 1. The van der Waals surface area contributed by atoms with Gasteiger partial charge in [-0.3, -0.25) is 4.79 Å². The zero-order valence-corrected chi connectivity index (χ0v) is 15.4. The van der Waals surface area contributed by atoms with Crippen molar-refractivity contribution in [2.75, 3.05) is 19.7 Å². The third-order valence-electron chi connectivity index (χ3n) is 3.88. The van der Waals surface area contributed by atoms with Crippen LogP contribution in [0.5, 0.6) is 11.5 Å². The fraction of sp³-hybridized carbons (Fsp3) is 0.444. The molecule has 0 unspecified atom stereocenters. The Hall–Kier alpha value is -1.99. The summed E-state index contributed by atoms with van der Waals surface area (Å²) in [6, 6.07) is 5.03. The lowest BCUT2D eigenvalue weighted by atomic mass is 10.2. The van der Waals surface area contributed by atoms with Gasteiger partial charge >= 0.3 is 0 Å². The number of benzene rings is 1. The molecule has 2 aliphatic rings. The third-order valence-corrected chi connectivity index (χ3v) is 4.93. The summed E-state index contributed by atoms with van der Waals surface area (Å²) in [5.74, 6) is 0.254. The van der Waals surface area contributed by atoms with E-state index >= 15 is 0 Å². The predicted molar refractivity (Wildman–Crippen MR) is 98.9 cm³/mol. The summed E-state index contributed by atoms with van der Waals surface area (Å²) < 4.78 is 11.1. The minimum absolute atomic E-state index is 0.0858. The molecule has 25 heavy (non-hydrogen) atoms. The molecule has 1 fully saturated rings. The van der Waals surface area contributed by atoms with E-state index in [-0.39, 0.29) is 23.9 Å². The summed E-state index contributed by atoms with van der Waals surface area (Å²) in [7, 11) is 0. The minimum atomic E-state index is -0.238. The van der Waals surface area contributed by atoms with Gasteiger partial charge in [-0.2, -0.15) is 4.99 Å². The maximum atomic E-state index is 12.3. The van der Waals surface area contributed by atoms with Crippen LogP contribution in [0.25, 0.3) is 6.08 Å². The average Bonchev–Trinajstić information content (AvgIpc) is 2.91. The Morgan fingerprint density at radius 1 is 1.40 bits per heavy atom. The molecular formula is C18H22N2O4S. The second-order valence-corrected chi connectivity index (χ2v) is 7.14. The number of ether oxygens (including phenoxy) is 2. The van der Waals surface area contributed by atoms with Crippen LogP contribution in [-0.4, -0.2) is 53.0 Å². The second-order valence-electron chi connectivity index (χ2n) is 6.13. The molecule has 0 spiro atoms. The van der Waals surface area contributed by atoms with Crippen molar-refractivity contribution < 1.29 is 19.4 Å². The van der Waals surface area contributed by atoms with Gasteiger partial charge in [0.2, 0.25) is 0 Å². The molecule has 0 saturated carbocycles. The molecule has 0 aliphatic carbocycles. The van der Waals surface area contributed by atoms with Crippen LogP contribution in [0, 0.1) is 0 Å². The van der Waals surface area contributed by atoms with Crippen molar-refractivity contribution in [3.8, 4) is 11.5 Å². The van der Waals surface area contributed by atoms with Gasteiger partial charge in [0.25, 0.3) is 5.91 Å². The standard InChI is InChI=1S/C18H22N2O4S/c1-4-23-15-7-13(5-6-14(15)21)8-16-17(22)19-18(25-16)20-9-11(2)24-12(3)10-20/h5-8,11-12,21H,4,9-10H2,1-3H3/b16-8+/t11-,12+. The first-order valence-electron chi connectivity index (χ1n) is 8.35. The highest BCUT2D eigenvalue weighted by molar-refractivity contribution is 8.18. The first kappa shape index (κ1) is 17.8. The number of hydrogen-bond acceptors (Lipinski definition) is 6. The van der Waals surface area contributed by atoms with E-state index in [1.54, 1.807) is 24.3 Å². The lowest BCUT2D eigenvalue weighted by Gasteiger charge is -2.35. The number of carbonyl (C=O) groups excluding carboxylic acids is 1. The van der Waals surface area contributed by atoms with E-state index in [2.05, 4.69) is 9.89 Å². The fourth-order valence-corrected chi connectivity index (χ4v) is 3.84. The van der Waals surface area contributed by atoms with Gasteiger partial charge in [0.15, 0.2) is 16.7 Å². The molecule has 0 radical (unpaired) electrons. The number of carbonyl (C=O) groups is 1. The van der Waals surface area contributed by atoms with E-state index in [1.165, 1.54) is 11.8 Å². The van der Waals surface area contributed by atoms with E-state index in [4.69, 9.17) is 9.47 Å². The molecule has 1 aromatic carbocycles. The minimum Gasteiger partial charge on any atom is -0.504 e. The number of thioether (sulfide) groups is 1. The molecule has 1 saturated heterocycles. The zero-order chi connectivity index (χ0) is 18.0. The average molecular weight is 362 g/mol. The molecule has 1 amide bonds. The number of amides is 1. The molecule has 1 aromatic rings. The monoisotopic (exact) mass is 362 g/mol. The molecule has 2 aliphatic heterocycles. The van der Waals surface area contributed by atoms with Crippen LogP contribution in [0.2, 0.25) is 0 Å². The first-order chi connectivity index (χ1) is 12.0. The number of nitrogens with zero attached hydrogens (tertiary/aromatic N) is 2. The van der Waals surface area contributed by atoms with Crippen LogP contribution in [0.1, 0.15) is 26.3 Å². The molecule has 6 nitrogen and oxygen atoms in total. The maximum Gasteiger partial charge on any atom is 0.286 e. The number of phenols is 1. The number of aromatic hydroxyl groups is 1. The summed E-state index contributed by atoms with van der Waals surface area (Å²) in [6.45, 7) is 7.81. The predicted octanol–water partition coefficient (Wildman–Crippen LogP) is 2.87. The topological polar surface area (TPSA) is 71.4 Å². The Morgan fingerprint density at radius 2 is 2.12 bits per heavy atom. The molecule has 134 valence electrons. The maximum absolute atomic E-state index is 12.3. The smallest absolute Gasteiger partial charge is 0.286 e. The van der Waals surface area contributed by atoms with Gasteiger partial charge in [-0.25, -0.2) is 0 Å². The summed E-state index contributed by atoms with van der Waals surface area (Å²) in [4.78, 5) is 19.1. The van der Waals surface area contributed by atoms with Crippen molar-refractivity contribution in [2.24, 2.45) is 4.99 Å². The zero-order valence-electron chi connectivity index (χ0n) is 14.6. The van der Waals surface area contributed by atoms with Crippen molar-refractivity contribution in [2.45, 2.75) is 33.0 Å². The number of hydrogen-bond donors (Lipinski definition) is 1. The van der Waals surface area contributed by atoms with Gasteiger partial charge in [-0.15, -0.1) is 0 Å². The molecule has 2 heterocycles. The molecule has 0 aromatic heterocycles. The van der Waals surface area contributed by atoms with Crippen molar-refractivity contribution in [3.63, 3.8) is 0 Å². The Balaban J connectivity index is 1.76. The quantitative estimate of drug-likeness (QED) is 0.834. The molecular weight excluding hydrogens is 340 g/mol. The summed E-state index contributed by atoms with van der Waals surface area (Å²) in [5.41, 5.74) is 0.789. The SMILES string of the molecule is CCOc1cc(/C=C2/SC(N3C[C@@H](C)O[C@@H](C)C3)=NC2=O)ccc1O. The third kappa shape index (κ3) is 4.16. The number of phenolic OH excluding ortho intramolecular Hbond substituents is 1. The Labute approximate surface area is 151 Å². The van der Waals surface area contributed by atoms with Gasteiger partial charge < -0.3 is 19.5 Å². The van der Waals surface area contributed by atoms with E-state index in [0.717, 1.165) is 23.8 Å². The molecule has 2 atom stereocenters. The van der Waals surface area contributed by atoms with Crippen LogP contribution in [0.3, 0.4) is 0 Å². The van der Waals surface area contributed by atoms with E-state index in [9.17, 15) is 9.90 Å². The van der Waals surface area contributed by atoms with Crippen LogP contribution >= 0.6 is 11.8 Å². The lowest BCUT2D eigenvalue weighted by molar-refractivity contribution is -0.113. The van der Waals surface area contributed by atoms with E-state index in [1.807, 2.05) is 20.8 Å². The van der Waals surface area contributed by atoms with Crippen molar-refractivity contribution in [3.05, 3.63) is 28.7 Å². The Morgan fingerprint density at radius 3 is 2.80 bits per heavy atom. The van der Waals surface area contributed by atoms with Gasteiger partial charge in [0.1, 0.15) is 0 Å². The molecule has 0 bridgehead atoms. The van der Waals surface area contributed by atoms with Gasteiger partial charge in [0, 0.05) is 13.1 Å². The summed E-state index contributed by atoms with van der Waals surface area (Å²) >= 11 is 1.38. The van der Waals surface area contributed by atoms with Crippen molar-refractivity contribution in [1.29, 1.82) is 0 Å². The molecule has 3 rings (SSSR count). The molecule has 1 N–H and O–H groups in total. The normalized spacial score (nSPS) is 25.4. The van der Waals surface area contributed by atoms with E-state index < -0.39 is 0 Å². The summed E-state index contributed by atoms with van der Waals surface area (Å²) in [5, 5.41) is 10.5. The van der Waals surface area contributed by atoms with Crippen LogP contribution < -0.4 is 4.74 Å². The lowest BCUT2D eigenvalue weighted by Crippen LogP contribution is -2.47. The highest BCUT2D eigenvalue weighted by Crippen LogP contribution is 2.33. The van der Waals surface area contributed by atoms with Crippen LogP contribution in [0.4, 0.5) is 0 Å². The number of aliphatic imine (C=N–C) groups is 1. The number of rotatable bonds is 3. The highest BCUT2D eigenvalue weighted by atomic mass is 32.2. The van der Waals surface area contributed by atoms with Gasteiger partial charge in [-0.05, 0) is 56.3 Å².